The molecule has 3 nitrogen and oxygen atoms in total. The number of rotatable bonds is 9. The van der Waals surface area contributed by atoms with E-state index in [1.165, 1.54) is 11.1 Å². The molecule has 0 aliphatic carbocycles. The summed E-state index contributed by atoms with van der Waals surface area (Å²) in [5.41, 5.74) is 3.14. The number of carbonyl (C=O) groups excluding carboxylic acids is 1. The van der Waals surface area contributed by atoms with E-state index < -0.39 is 0 Å². The van der Waals surface area contributed by atoms with Crippen molar-refractivity contribution in [1.29, 1.82) is 0 Å². The van der Waals surface area contributed by atoms with Crippen LogP contribution in [0.1, 0.15) is 61.0 Å². The highest BCUT2D eigenvalue weighted by Crippen LogP contribution is 2.16. The summed E-state index contributed by atoms with van der Waals surface area (Å²) >= 11 is 0. The van der Waals surface area contributed by atoms with Gasteiger partial charge in [-0.05, 0) is 55.5 Å². The van der Waals surface area contributed by atoms with E-state index in [0.29, 0.717) is 11.5 Å². The SMILES string of the molecule is CC(CCCNCc1ccccc1)OC(=O)c1ccc(C(C)C)cc1. The summed E-state index contributed by atoms with van der Waals surface area (Å²) < 4.78 is 5.53. The maximum Gasteiger partial charge on any atom is 0.338 e. The van der Waals surface area contributed by atoms with E-state index in [9.17, 15) is 4.79 Å². The fraction of sp³-hybridized carbons (Fsp3) is 0.409. The summed E-state index contributed by atoms with van der Waals surface area (Å²) in [7, 11) is 0. The molecule has 0 aliphatic heterocycles. The van der Waals surface area contributed by atoms with Gasteiger partial charge in [-0.15, -0.1) is 0 Å². The van der Waals surface area contributed by atoms with Crippen molar-refractivity contribution < 1.29 is 9.53 Å². The Morgan fingerprint density at radius 2 is 1.68 bits per heavy atom. The number of nitrogens with one attached hydrogen (secondary N) is 1. The van der Waals surface area contributed by atoms with Crippen LogP contribution in [0.4, 0.5) is 0 Å². The van der Waals surface area contributed by atoms with Crippen molar-refractivity contribution in [2.45, 2.75) is 52.2 Å². The second kappa shape index (κ2) is 10.00. The first-order valence-corrected chi connectivity index (χ1v) is 9.12. The lowest BCUT2D eigenvalue weighted by Crippen LogP contribution is -2.19. The summed E-state index contributed by atoms with van der Waals surface area (Å²) in [5.74, 6) is 0.229. The number of hydrogen-bond acceptors (Lipinski definition) is 3. The molecule has 0 aromatic heterocycles. The molecule has 0 heterocycles. The smallest absolute Gasteiger partial charge is 0.338 e. The fourth-order valence-electron chi connectivity index (χ4n) is 2.66. The number of esters is 1. The minimum atomic E-state index is -0.236. The van der Waals surface area contributed by atoms with Gasteiger partial charge in [0.05, 0.1) is 11.7 Å². The van der Waals surface area contributed by atoms with E-state index in [-0.39, 0.29) is 12.1 Å². The lowest BCUT2D eigenvalue weighted by Gasteiger charge is -2.14. The number of benzene rings is 2. The first kappa shape index (κ1) is 19.2. The van der Waals surface area contributed by atoms with Crippen molar-refractivity contribution in [1.82, 2.24) is 5.32 Å². The van der Waals surface area contributed by atoms with E-state index in [1.54, 1.807) is 0 Å². The summed E-state index contributed by atoms with van der Waals surface area (Å²) in [6, 6.07) is 18.1. The van der Waals surface area contributed by atoms with Crippen LogP contribution in [0, 0.1) is 0 Å². The quantitative estimate of drug-likeness (QED) is 0.520. The maximum absolute atomic E-state index is 12.2. The number of ether oxygens (including phenoxy) is 1. The predicted octanol–water partition coefficient (Wildman–Crippen LogP) is 4.93. The minimum absolute atomic E-state index is 0.0733. The van der Waals surface area contributed by atoms with Crippen molar-refractivity contribution in [3.63, 3.8) is 0 Å². The topological polar surface area (TPSA) is 38.3 Å². The van der Waals surface area contributed by atoms with Gasteiger partial charge in [0, 0.05) is 6.54 Å². The van der Waals surface area contributed by atoms with Gasteiger partial charge in [-0.2, -0.15) is 0 Å². The summed E-state index contributed by atoms with van der Waals surface area (Å²) in [6.45, 7) is 8.02. The van der Waals surface area contributed by atoms with Crippen molar-refractivity contribution in [2.24, 2.45) is 0 Å². The molecule has 134 valence electrons. The highest BCUT2D eigenvalue weighted by atomic mass is 16.5. The van der Waals surface area contributed by atoms with E-state index in [4.69, 9.17) is 4.74 Å². The highest BCUT2D eigenvalue weighted by molar-refractivity contribution is 5.89. The first-order chi connectivity index (χ1) is 12.1. The Kier molecular flexibility index (Phi) is 7.68. The van der Waals surface area contributed by atoms with Crippen molar-refractivity contribution in [3.05, 3.63) is 71.3 Å². The summed E-state index contributed by atoms with van der Waals surface area (Å²) in [6.07, 6.45) is 1.77. The molecule has 0 spiro atoms. The van der Waals surface area contributed by atoms with Crippen LogP contribution in [-0.2, 0) is 11.3 Å². The van der Waals surface area contributed by atoms with Crippen molar-refractivity contribution in [2.75, 3.05) is 6.54 Å². The standard InChI is InChI=1S/C22H29NO2/c1-17(2)20-11-13-21(14-12-20)22(24)25-18(3)8-7-15-23-16-19-9-5-4-6-10-19/h4-6,9-14,17-18,23H,7-8,15-16H2,1-3H3. The second-order valence-electron chi connectivity index (χ2n) is 6.80. The third-order valence-electron chi connectivity index (χ3n) is 4.26. The van der Waals surface area contributed by atoms with Gasteiger partial charge in [0.1, 0.15) is 0 Å². The van der Waals surface area contributed by atoms with Crippen LogP contribution in [0.3, 0.4) is 0 Å². The molecule has 2 aromatic rings. The average Bonchev–Trinajstić information content (AvgIpc) is 2.62. The zero-order chi connectivity index (χ0) is 18.1. The zero-order valence-electron chi connectivity index (χ0n) is 15.5. The van der Waals surface area contributed by atoms with E-state index in [2.05, 4.69) is 31.3 Å². The molecule has 0 bridgehead atoms. The Balaban J connectivity index is 1.65. The van der Waals surface area contributed by atoms with Crippen LogP contribution in [0.2, 0.25) is 0 Å². The van der Waals surface area contributed by atoms with Crippen molar-refractivity contribution >= 4 is 5.97 Å². The number of hydrogen-bond donors (Lipinski definition) is 1. The van der Waals surface area contributed by atoms with Gasteiger partial charge in [0.15, 0.2) is 0 Å². The van der Waals surface area contributed by atoms with Crippen LogP contribution in [-0.4, -0.2) is 18.6 Å². The molecule has 0 fully saturated rings. The van der Waals surface area contributed by atoms with Crippen molar-refractivity contribution in [3.8, 4) is 0 Å². The van der Waals surface area contributed by atoms with Gasteiger partial charge in [-0.1, -0.05) is 56.3 Å². The van der Waals surface area contributed by atoms with Gasteiger partial charge >= 0.3 is 5.97 Å². The molecule has 0 amide bonds. The Bertz CT molecular complexity index is 635. The molecule has 1 N–H and O–H groups in total. The Morgan fingerprint density at radius 1 is 1.00 bits per heavy atom. The van der Waals surface area contributed by atoms with Gasteiger partial charge in [-0.3, -0.25) is 0 Å². The monoisotopic (exact) mass is 339 g/mol. The second-order valence-corrected chi connectivity index (χ2v) is 6.80. The molecule has 2 aromatic carbocycles. The van der Waals surface area contributed by atoms with Crippen LogP contribution < -0.4 is 5.32 Å². The van der Waals surface area contributed by atoms with Crippen LogP contribution >= 0.6 is 0 Å². The fourth-order valence-corrected chi connectivity index (χ4v) is 2.66. The highest BCUT2D eigenvalue weighted by Gasteiger charge is 2.12. The third-order valence-corrected chi connectivity index (χ3v) is 4.26. The van der Waals surface area contributed by atoms with E-state index in [0.717, 1.165) is 25.9 Å². The molecule has 1 atom stereocenters. The minimum Gasteiger partial charge on any atom is -0.459 e. The molecule has 2 rings (SSSR count). The Hall–Kier alpha value is -2.13. The lowest BCUT2D eigenvalue weighted by atomic mass is 10.0. The third kappa shape index (κ3) is 6.71. The largest absolute Gasteiger partial charge is 0.459 e. The number of carbonyl (C=O) groups is 1. The first-order valence-electron chi connectivity index (χ1n) is 9.12. The molecule has 25 heavy (non-hydrogen) atoms. The summed E-state index contributed by atoms with van der Waals surface area (Å²) in [4.78, 5) is 12.2. The molecule has 3 heteroatoms. The van der Waals surface area contributed by atoms with Gasteiger partial charge in [0.2, 0.25) is 0 Å². The van der Waals surface area contributed by atoms with Gasteiger partial charge < -0.3 is 10.1 Å². The zero-order valence-corrected chi connectivity index (χ0v) is 15.5. The van der Waals surface area contributed by atoms with Crippen LogP contribution in [0.5, 0.6) is 0 Å². The normalized spacial score (nSPS) is 12.2. The Labute approximate surface area is 151 Å². The molecular weight excluding hydrogens is 310 g/mol. The van der Waals surface area contributed by atoms with Crippen LogP contribution in [0.15, 0.2) is 54.6 Å². The van der Waals surface area contributed by atoms with E-state index >= 15 is 0 Å². The molecule has 1 unspecified atom stereocenters. The van der Waals surface area contributed by atoms with E-state index in [1.807, 2.05) is 49.4 Å². The predicted molar refractivity (Wildman–Crippen MR) is 103 cm³/mol. The molecular formula is C22H29NO2. The molecule has 0 aliphatic rings. The average molecular weight is 339 g/mol. The van der Waals surface area contributed by atoms with Crippen LogP contribution in [0.25, 0.3) is 0 Å². The lowest BCUT2D eigenvalue weighted by molar-refractivity contribution is 0.0321. The maximum atomic E-state index is 12.2. The van der Waals surface area contributed by atoms with Gasteiger partial charge in [-0.25, -0.2) is 4.79 Å². The molecule has 0 radical (unpaired) electrons. The summed E-state index contributed by atoms with van der Waals surface area (Å²) in [5, 5.41) is 3.42. The molecule has 0 saturated heterocycles. The Morgan fingerprint density at radius 3 is 2.32 bits per heavy atom. The van der Waals surface area contributed by atoms with Gasteiger partial charge in [0.25, 0.3) is 0 Å². The molecule has 0 saturated carbocycles.